The minimum atomic E-state index is 0.103. The van der Waals surface area contributed by atoms with Crippen molar-refractivity contribution in [2.45, 2.75) is 50.6 Å². The van der Waals surface area contributed by atoms with E-state index in [0.717, 1.165) is 64.7 Å². The van der Waals surface area contributed by atoms with Crippen molar-refractivity contribution in [3.05, 3.63) is 30.1 Å². The Morgan fingerprint density at radius 3 is 2.42 bits per heavy atom. The van der Waals surface area contributed by atoms with Crippen molar-refractivity contribution < 1.29 is 9.59 Å². The Bertz CT molecular complexity index is 638. The molecule has 3 fully saturated rings. The van der Waals surface area contributed by atoms with Crippen LogP contribution in [0.2, 0.25) is 0 Å². The van der Waals surface area contributed by atoms with Gasteiger partial charge in [-0.1, -0.05) is 0 Å². The molecule has 26 heavy (non-hydrogen) atoms. The fourth-order valence-corrected chi connectivity index (χ4v) is 4.21. The lowest BCUT2D eigenvalue weighted by atomic mass is 9.93. The van der Waals surface area contributed by atoms with E-state index in [2.05, 4.69) is 15.2 Å². The van der Waals surface area contributed by atoms with Gasteiger partial charge in [-0.3, -0.25) is 19.5 Å². The minimum Gasteiger partial charge on any atom is -0.353 e. The third-order valence-electron chi connectivity index (χ3n) is 5.94. The number of carbonyl (C=O) groups is 2. The highest BCUT2D eigenvalue weighted by Crippen LogP contribution is 2.26. The molecule has 1 saturated carbocycles. The molecule has 1 aliphatic carbocycles. The van der Waals surface area contributed by atoms with Gasteiger partial charge in [0.05, 0.1) is 5.92 Å². The quantitative estimate of drug-likeness (QED) is 0.891. The van der Waals surface area contributed by atoms with Gasteiger partial charge < -0.3 is 10.2 Å². The summed E-state index contributed by atoms with van der Waals surface area (Å²) in [6, 6.07) is 4.50. The summed E-state index contributed by atoms with van der Waals surface area (Å²) >= 11 is 0. The maximum absolute atomic E-state index is 12.6. The number of likely N-dealkylation sites (tertiary alicyclic amines) is 2. The van der Waals surface area contributed by atoms with Gasteiger partial charge in [-0.25, -0.2) is 0 Å². The van der Waals surface area contributed by atoms with Gasteiger partial charge in [0.1, 0.15) is 0 Å². The average molecular weight is 356 g/mol. The van der Waals surface area contributed by atoms with Gasteiger partial charge >= 0.3 is 0 Å². The molecule has 0 spiro atoms. The van der Waals surface area contributed by atoms with Crippen molar-refractivity contribution in [1.29, 1.82) is 0 Å². The predicted molar refractivity (Wildman–Crippen MR) is 98.6 cm³/mol. The van der Waals surface area contributed by atoms with E-state index in [9.17, 15) is 9.59 Å². The number of nitrogens with zero attached hydrogens (tertiary/aromatic N) is 3. The third-order valence-corrected chi connectivity index (χ3v) is 5.94. The highest BCUT2D eigenvalue weighted by atomic mass is 16.2. The van der Waals surface area contributed by atoms with E-state index in [1.807, 2.05) is 4.90 Å². The number of amides is 2. The van der Waals surface area contributed by atoms with Crippen LogP contribution in [0, 0.1) is 5.92 Å². The van der Waals surface area contributed by atoms with E-state index in [4.69, 9.17) is 0 Å². The van der Waals surface area contributed by atoms with Gasteiger partial charge in [0.2, 0.25) is 5.91 Å². The van der Waals surface area contributed by atoms with Crippen LogP contribution in [0.3, 0.4) is 0 Å². The monoisotopic (exact) mass is 356 g/mol. The number of piperidine rings is 2. The first-order chi connectivity index (χ1) is 12.7. The van der Waals surface area contributed by atoms with E-state index in [0.29, 0.717) is 17.6 Å². The smallest absolute Gasteiger partial charge is 0.253 e. The molecule has 2 saturated heterocycles. The molecule has 140 valence electrons. The topological polar surface area (TPSA) is 65.5 Å². The van der Waals surface area contributed by atoms with E-state index in [1.54, 1.807) is 24.5 Å². The van der Waals surface area contributed by atoms with Crippen molar-refractivity contribution in [1.82, 2.24) is 20.1 Å². The number of nitrogens with one attached hydrogen (secondary N) is 1. The molecule has 1 N–H and O–H groups in total. The number of rotatable bonds is 4. The summed E-state index contributed by atoms with van der Waals surface area (Å²) in [6.07, 6.45) is 9.72. The van der Waals surface area contributed by atoms with Crippen LogP contribution in [0.5, 0.6) is 0 Å². The summed E-state index contributed by atoms with van der Waals surface area (Å²) in [5.41, 5.74) is 0.716. The molecule has 1 atom stereocenters. The van der Waals surface area contributed by atoms with E-state index >= 15 is 0 Å². The van der Waals surface area contributed by atoms with Crippen LogP contribution in [-0.2, 0) is 4.79 Å². The van der Waals surface area contributed by atoms with Gasteiger partial charge in [-0.15, -0.1) is 0 Å². The molecular weight excluding hydrogens is 328 g/mol. The van der Waals surface area contributed by atoms with Gasteiger partial charge in [0.25, 0.3) is 5.91 Å². The molecule has 6 heteroatoms. The Morgan fingerprint density at radius 2 is 1.73 bits per heavy atom. The Morgan fingerprint density at radius 1 is 1.00 bits per heavy atom. The Hall–Kier alpha value is -1.95. The molecule has 0 radical (unpaired) electrons. The summed E-state index contributed by atoms with van der Waals surface area (Å²) in [5, 5.41) is 3.16. The maximum Gasteiger partial charge on any atom is 0.253 e. The van der Waals surface area contributed by atoms with Gasteiger partial charge in [0.15, 0.2) is 0 Å². The van der Waals surface area contributed by atoms with E-state index in [-0.39, 0.29) is 17.7 Å². The molecule has 2 aliphatic heterocycles. The van der Waals surface area contributed by atoms with Gasteiger partial charge in [-0.05, 0) is 57.2 Å². The highest BCUT2D eigenvalue weighted by Gasteiger charge is 2.34. The molecule has 1 aromatic rings. The summed E-state index contributed by atoms with van der Waals surface area (Å²) in [4.78, 5) is 33.4. The lowest BCUT2D eigenvalue weighted by Crippen LogP contribution is -2.51. The van der Waals surface area contributed by atoms with E-state index < -0.39 is 0 Å². The normalized spacial score (nSPS) is 25.1. The number of hydrogen-bond acceptors (Lipinski definition) is 4. The number of carbonyl (C=O) groups excluding carboxylic acids is 2. The fourth-order valence-electron chi connectivity index (χ4n) is 4.21. The van der Waals surface area contributed by atoms with Crippen LogP contribution < -0.4 is 5.32 Å². The van der Waals surface area contributed by atoms with Gasteiger partial charge in [0, 0.05) is 49.7 Å². The Labute approximate surface area is 155 Å². The Kier molecular flexibility index (Phi) is 5.20. The van der Waals surface area contributed by atoms with Crippen molar-refractivity contribution in [3.8, 4) is 0 Å². The first-order valence-corrected chi connectivity index (χ1v) is 9.94. The SMILES string of the molecule is O=C(NC1CC1)C1CCCN(C2CCN(C(=O)c3ccncc3)CC2)C1. The van der Waals surface area contributed by atoms with Crippen LogP contribution in [0.1, 0.15) is 48.9 Å². The first kappa shape index (κ1) is 17.5. The average Bonchev–Trinajstić information content (AvgIpc) is 3.52. The molecule has 1 aromatic heterocycles. The zero-order chi connectivity index (χ0) is 17.9. The highest BCUT2D eigenvalue weighted by molar-refractivity contribution is 5.94. The molecule has 4 rings (SSSR count). The van der Waals surface area contributed by atoms with Crippen LogP contribution in [0.25, 0.3) is 0 Å². The standard InChI is InChI=1S/C20H28N4O2/c25-19(22-17-3-4-17)16-2-1-11-24(14-16)18-7-12-23(13-8-18)20(26)15-5-9-21-10-6-15/h5-6,9-10,16-18H,1-4,7-8,11-14H2,(H,22,25). The van der Waals surface area contributed by atoms with Gasteiger partial charge in [-0.2, -0.15) is 0 Å². The lowest BCUT2D eigenvalue weighted by Gasteiger charge is -2.42. The number of pyridine rings is 1. The zero-order valence-corrected chi connectivity index (χ0v) is 15.3. The summed E-state index contributed by atoms with van der Waals surface area (Å²) < 4.78 is 0. The molecular formula is C20H28N4O2. The fraction of sp³-hybridized carbons (Fsp3) is 0.650. The first-order valence-electron chi connectivity index (χ1n) is 9.94. The largest absolute Gasteiger partial charge is 0.353 e. The van der Waals surface area contributed by atoms with Crippen LogP contribution in [-0.4, -0.2) is 64.9 Å². The maximum atomic E-state index is 12.6. The summed E-state index contributed by atoms with van der Waals surface area (Å²) in [7, 11) is 0. The van der Waals surface area contributed by atoms with Crippen molar-refractivity contribution in [3.63, 3.8) is 0 Å². The van der Waals surface area contributed by atoms with Crippen LogP contribution in [0.15, 0.2) is 24.5 Å². The number of hydrogen-bond donors (Lipinski definition) is 1. The minimum absolute atomic E-state index is 0.103. The predicted octanol–water partition coefficient (Wildman–Crippen LogP) is 1.68. The van der Waals surface area contributed by atoms with Crippen molar-refractivity contribution in [2.24, 2.45) is 5.92 Å². The second kappa shape index (κ2) is 7.74. The molecule has 2 amide bonds. The molecule has 6 nitrogen and oxygen atoms in total. The second-order valence-electron chi connectivity index (χ2n) is 7.88. The summed E-state index contributed by atoms with van der Waals surface area (Å²) in [6.45, 7) is 3.54. The molecule has 3 heterocycles. The number of aromatic nitrogens is 1. The molecule has 0 aromatic carbocycles. The second-order valence-corrected chi connectivity index (χ2v) is 7.88. The molecule has 0 bridgehead atoms. The van der Waals surface area contributed by atoms with E-state index in [1.165, 1.54) is 0 Å². The summed E-state index contributed by atoms with van der Waals surface area (Å²) in [5.74, 6) is 0.495. The van der Waals surface area contributed by atoms with Crippen molar-refractivity contribution in [2.75, 3.05) is 26.2 Å². The zero-order valence-electron chi connectivity index (χ0n) is 15.3. The Balaban J connectivity index is 1.28. The van der Waals surface area contributed by atoms with Crippen LogP contribution >= 0.6 is 0 Å². The third kappa shape index (κ3) is 4.06. The van der Waals surface area contributed by atoms with Crippen LogP contribution in [0.4, 0.5) is 0 Å². The lowest BCUT2D eigenvalue weighted by molar-refractivity contribution is -0.127. The molecule has 1 unspecified atom stereocenters. The molecule has 3 aliphatic rings. The van der Waals surface area contributed by atoms with Crippen molar-refractivity contribution >= 4 is 11.8 Å².